The fourth-order valence-corrected chi connectivity index (χ4v) is 9.63. The summed E-state index contributed by atoms with van der Waals surface area (Å²) in [6, 6.07) is 13.0. The molecule has 0 saturated carbocycles. The van der Waals surface area contributed by atoms with Gasteiger partial charge in [0.2, 0.25) is 5.91 Å². The predicted molar refractivity (Wildman–Crippen MR) is 154 cm³/mol. The summed E-state index contributed by atoms with van der Waals surface area (Å²) in [6.07, 6.45) is 1.75. The predicted octanol–water partition coefficient (Wildman–Crippen LogP) is 4.01. The van der Waals surface area contributed by atoms with Gasteiger partial charge in [-0.1, -0.05) is 30.7 Å². The summed E-state index contributed by atoms with van der Waals surface area (Å²) >= 11 is 6.43. The first-order valence-electron chi connectivity index (χ1n) is 13.8. The number of hydrogen-bond acceptors (Lipinski definition) is 6. The van der Waals surface area contributed by atoms with Crippen LogP contribution in [-0.2, 0) is 26.5 Å². The first-order chi connectivity index (χ1) is 18.6. The molecule has 39 heavy (non-hydrogen) atoms. The van der Waals surface area contributed by atoms with Crippen LogP contribution in [0.3, 0.4) is 0 Å². The molecular weight excluding hydrogens is 534 g/mol. The molecule has 1 unspecified atom stereocenters. The minimum atomic E-state index is -2.76. The zero-order valence-corrected chi connectivity index (χ0v) is 24.5. The molecule has 3 heterocycles. The molecule has 210 valence electrons. The van der Waals surface area contributed by atoms with Gasteiger partial charge >= 0.3 is 0 Å². The SMILES string of the molecule is C[C@@H]1[C@@H]([Si](C)(C)O)[C@H](CCO)O[C@@]12C(=O)N(Cc1cccc(NC(=O)C3CCCNC3)c1)c1ccc(Cl)cc12. The number of piperidine rings is 1. The van der Waals surface area contributed by atoms with Crippen LogP contribution in [0.2, 0.25) is 23.7 Å². The molecule has 5 atom stereocenters. The zero-order valence-electron chi connectivity index (χ0n) is 22.7. The summed E-state index contributed by atoms with van der Waals surface area (Å²) in [5, 5.41) is 16.6. The lowest BCUT2D eigenvalue weighted by molar-refractivity contribution is -0.146. The minimum Gasteiger partial charge on any atom is -0.432 e. The number of rotatable bonds is 7. The quantitative estimate of drug-likeness (QED) is 0.374. The second-order valence-electron chi connectivity index (χ2n) is 11.7. The van der Waals surface area contributed by atoms with Gasteiger partial charge in [-0.05, 0) is 74.8 Å². The second-order valence-corrected chi connectivity index (χ2v) is 16.1. The Morgan fingerprint density at radius 2 is 2.08 bits per heavy atom. The molecule has 0 aromatic heterocycles. The molecule has 2 fully saturated rings. The highest BCUT2D eigenvalue weighted by Crippen LogP contribution is 2.60. The number of aliphatic hydroxyl groups excluding tert-OH is 1. The fourth-order valence-electron chi connectivity index (χ4n) is 6.85. The van der Waals surface area contributed by atoms with Gasteiger partial charge in [0, 0.05) is 40.9 Å². The van der Waals surface area contributed by atoms with Gasteiger partial charge in [-0.2, -0.15) is 0 Å². The topological polar surface area (TPSA) is 111 Å². The molecule has 0 radical (unpaired) electrons. The van der Waals surface area contributed by atoms with Crippen molar-refractivity contribution in [1.29, 1.82) is 0 Å². The van der Waals surface area contributed by atoms with E-state index in [4.69, 9.17) is 16.3 Å². The first kappa shape index (κ1) is 28.3. The van der Waals surface area contributed by atoms with E-state index >= 15 is 0 Å². The van der Waals surface area contributed by atoms with Crippen LogP contribution in [-0.4, -0.2) is 55.8 Å². The first-order valence-corrected chi connectivity index (χ1v) is 17.2. The van der Waals surface area contributed by atoms with E-state index in [2.05, 4.69) is 10.6 Å². The van der Waals surface area contributed by atoms with Crippen molar-refractivity contribution in [3.05, 3.63) is 58.6 Å². The van der Waals surface area contributed by atoms with Crippen LogP contribution in [0.25, 0.3) is 0 Å². The maximum Gasteiger partial charge on any atom is 0.264 e. The molecule has 1 spiro atoms. The van der Waals surface area contributed by atoms with Gasteiger partial charge < -0.3 is 30.2 Å². The maximum atomic E-state index is 14.4. The smallest absolute Gasteiger partial charge is 0.264 e. The van der Waals surface area contributed by atoms with Crippen LogP contribution < -0.4 is 15.5 Å². The lowest BCUT2D eigenvalue weighted by Crippen LogP contribution is -2.46. The van der Waals surface area contributed by atoms with Crippen LogP contribution in [0.15, 0.2) is 42.5 Å². The van der Waals surface area contributed by atoms with E-state index in [1.807, 2.05) is 50.3 Å². The molecule has 5 rings (SSSR count). The largest absolute Gasteiger partial charge is 0.432 e. The number of carbonyl (C=O) groups is 2. The van der Waals surface area contributed by atoms with Gasteiger partial charge in [-0.25, -0.2) is 0 Å². The summed E-state index contributed by atoms with van der Waals surface area (Å²) in [6.45, 7) is 7.51. The van der Waals surface area contributed by atoms with E-state index in [1.54, 1.807) is 17.0 Å². The number of anilines is 2. The Morgan fingerprint density at radius 1 is 1.28 bits per heavy atom. The molecule has 3 aliphatic heterocycles. The van der Waals surface area contributed by atoms with Gasteiger partial charge in [-0.3, -0.25) is 9.59 Å². The molecule has 2 aromatic rings. The molecule has 3 aliphatic rings. The summed E-state index contributed by atoms with van der Waals surface area (Å²) < 4.78 is 6.61. The van der Waals surface area contributed by atoms with Crippen molar-refractivity contribution in [2.24, 2.45) is 11.8 Å². The van der Waals surface area contributed by atoms with Crippen LogP contribution in [0.5, 0.6) is 0 Å². The van der Waals surface area contributed by atoms with Crippen molar-refractivity contribution in [2.45, 2.75) is 63.1 Å². The summed E-state index contributed by atoms with van der Waals surface area (Å²) in [5.41, 5.74) is 1.45. The highest BCUT2D eigenvalue weighted by molar-refractivity contribution is 6.71. The average Bonchev–Trinajstić information content (AvgIpc) is 3.31. The van der Waals surface area contributed by atoms with E-state index in [0.717, 1.165) is 30.6 Å². The molecule has 2 aromatic carbocycles. The molecule has 10 heteroatoms. The number of fused-ring (bicyclic) bond motifs is 2. The minimum absolute atomic E-state index is 0.000437. The number of ether oxygens (including phenoxy) is 1. The van der Waals surface area contributed by atoms with E-state index < -0.39 is 20.0 Å². The number of hydrogen-bond donors (Lipinski definition) is 4. The Bertz CT molecular complexity index is 1250. The van der Waals surface area contributed by atoms with Crippen LogP contribution in [0, 0.1) is 11.8 Å². The normalized spacial score (nSPS) is 28.7. The molecular formula is C29H38ClN3O5Si. The van der Waals surface area contributed by atoms with Crippen molar-refractivity contribution in [1.82, 2.24) is 5.32 Å². The fraction of sp³-hybridized carbons (Fsp3) is 0.517. The Morgan fingerprint density at radius 3 is 2.77 bits per heavy atom. The van der Waals surface area contributed by atoms with E-state index in [9.17, 15) is 19.5 Å². The van der Waals surface area contributed by atoms with Gasteiger partial charge in [0.25, 0.3) is 5.91 Å². The van der Waals surface area contributed by atoms with E-state index in [0.29, 0.717) is 29.2 Å². The number of halogens is 1. The molecule has 2 saturated heterocycles. The molecule has 2 amide bonds. The summed E-state index contributed by atoms with van der Waals surface area (Å²) in [7, 11) is -2.76. The van der Waals surface area contributed by atoms with Crippen molar-refractivity contribution >= 4 is 43.1 Å². The lowest BCUT2D eigenvalue weighted by atomic mass is 9.82. The Balaban J connectivity index is 1.45. The van der Waals surface area contributed by atoms with Gasteiger partial charge in [-0.15, -0.1) is 0 Å². The van der Waals surface area contributed by atoms with Crippen molar-refractivity contribution in [3.63, 3.8) is 0 Å². The van der Waals surface area contributed by atoms with Gasteiger partial charge in [0.05, 0.1) is 24.3 Å². The third-order valence-corrected chi connectivity index (χ3v) is 11.3. The Hall–Kier alpha value is -2.27. The van der Waals surface area contributed by atoms with Crippen molar-refractivity contribution < 1.29 is 24.2 Å². The summed E-state index contributed by atoms with van der Waals surface area (Å²) in [5.74, 6) is -0.566. The average molecular weight is 572 g/mol. The Kier molecular flexibility index (Phi) is 7.94. The number of aliphatic hydroxyl groups is 1. The summed E-state index contributed by atoms with van der Waals surface area (Å²) in [4.78, 5) is 40.1. The number of carbonyl (C=O) groups excluding carboxylic acids is 2. The van der Waals surface area contributed by atoms with Crippen molar-refractivity contribution in [2.75, 3.05) is 29.9 Å². The third-order valence-electron chi connectivity index (χ3n) is 8.56. The van der Waals surface area contributed by atoms with Crippen LogP contribution in [0.1, 0.15) is 37.3 Å². The highest BCUT2D eigenvalue weighted by Gasteiger charge is 2.66. The maximum absolute atomic E-state index is 14.4. The van der Waals surface area contributed by atoms with Gasteiger partial charge in [0.15, 0.2) is 13.9 Å². The lowest BCUT2D eigenvalue weighted by Gasteiger charge is -2.32. The number of benzene rings is 2. The van der Waals surface area contributed by atoms with Crippen molar-refractivity contribution in [3.8, 4) is 0 Å². The highest BCUT2D eigenvalue weighted by atomic mass is 35.5. The Labute approximate surface area is 235 Å². The van der Waals surface area contributed by atoms with E-state index in [1.165, 1.54) is 0 Å². The molecule has 0 aliphatic carbocycles. The monoisotopic (exact) mass is 571 g/mol. The number of nitrogens with zero attached hydrogens (tertiary/aromatic N) is 1. The zero-order chi connectivity index (χ0) is 27.9. The second kappa shape index (κ2) is 11.0. The molecule has 8 nitrogen and oxygen atoms in total. The van der Waals surface area contributed by atoms with Crippen LogP contribution >= 0.6 is 11.6 Å². The van der Waals surface area contributed by atoms with Gasteiger partial charge in [0.1, 0.15) is 0 Å². The van der Waals surface area contributed by atoms with E-state index in [-0.39, 0.29) is 42.3 Å². The standard InChI is InChI=1S/C29H38ClN3O5Si/c1-18-26(39(2,3)37)25(11-13-34)38-29(18)23-15-21(30)9-10-24(23)33(28(29)36)17-19-6-4-8-22(14-19)32-27(35)20-7-5-12-31-16-20/h4,6,8-10,14-15,18,20,25-26,31,34,37H,5,7,11-13,16-17H2,1-3H3,(H,32,35)/t18-,20?,25+,26-,29+/m1/s1. The molecule has 4 N–H and O–H groups in total. The number of amides is 2. The molecule has 0 bridgehead atoms. The third kappa shape index (κ3) is 5.16. The van der Waals surface area contributed by atoms with Crippen LogP contribution in [0.4, 0.5) is 11.4 Å². The number of nitrogens with one attached hydrogen (secondary N) is 2.